The molecule has 0 amide bonds. The number of nitrogen functional groups attached to an aromatic ring is 1. The first kappa shape index (κ1) is 21.9. The number of hydrogen-bond acceptors (Lipinski definition) is 8. The number of likely N-dealkylation sites (tertiary alicyclic amines) is 1. The summed E-state index contributed by atoms with van der Waals surface area (Å²) in [5, 5.41) is 0.637. The van der Waals surface area contributed by atoms with Gasteiger partial charge >= 0.3 is 0 Å². The van der Waals surface area contributed by atoms with Gasteiger partial charge in [0.05, 0.1) is 6.20 Å². The molecule has 0 spiro atoms. The lowest BCUT2D eigenvalue weighted by molar-refractivity contribution is 0.0973. The van der Waals surface area contributed by atoms with Gasteiger partial charge in [0.2, 0.25) is 0 Å². The van der Waals surface area contributed by atoms with Gasteiger partial charge in [0.15, 0.2) is 5.13 Å². The Hall–Kier alpha value is -2.91. The second kappa shape index (κ2) is 9.93. The van der Waals surface area contributed by atoms with Crippen molar-refractivity contribution < 1.29 is 9.13 Å². The van der Waals surface area contributed by atoms with Crippen molar-refractivity contribution in [3.8, 4) is 5.75 Å². The number of rotatable bonds is 6. The highest BCUT2D eigenvalue weighted by molar-refractivity contribution is 7.15. The summed E-state index contributed by atoms with van der Waals surface area (Å²) < 4.78 is 19.4. The van der Waals surface area contributed by atoms with Crippen LogP contribution in [-0.4, -0.2) is 60.2 Å². The van der Waals surface area contributed by atoms with E-state index in [4.69, 9.17) is 10.5 Å². The molecule has 9 heteroatoms. The smallest absolute Gasteiger partial charge is 0.180 e. The first-order valence-corrected chi connectivity index (χ1v) is 12.2. The van der Waals surface area contributed by atoms with Crippen molar-refractivity contribution in [2.45, 2.75) is 25.5 Å². The molecule has 5 rings (SSSR count). The Kier molecular flexibility index (Phi) is 6.59. The third-order valence-corrected chi connectivity index (χ3v) is 7.12. The van der Waals surface area contributed by atoms with Crippen molar-refractivity contribution in [1.29, 1.82) is 0 Å². The van der Waals surface area contributed by atoms with Crippen LogP contribution in [-0.2, 0) is 6.54 Å². The van der Waals surface area contributed by atoms with Crippen molar-refractivity contribution in [1.82, 2.24) is 14.9 Å². The quantitative estimate of drug-likeness (QED) is 0.592. The van der Waals surface area contributed by atoms with Crippen LogP contribution in [0, 0.1) is 5.82 Å². The average Bonchev–Trinajstić information content (AvgIpc) is 3.26. The molecule has 2 aliphatic heterocycles. The molecule has 2 N–H and O–H groups in total. The zero-order valence-electron chi connectivity index (χ0n) is 18.6. The lowest BCUT2D eigenvalue weighted by Gasteiger charge is -2.36. The van der Waals surface area contributed by atoms with Gasteiger partial charge in [-0.1, -0.05) is 0 Å². The average molecular weight is 469 g/mol. The zero-order chi connectivity index (χ0) is 22.6. The number of halogens is 1. The first-order valence-electron chi connectivity index (χ1n) is 11.4. The highest BCUT2D eigenvalue weighted by Crippen LogP contribution is 2.25. The van der Waals surface area contributed by atoms with Crippen LogP contribution in [0.1, 0.15) is 17.7 Å². The summed E-state index contributed by atoms with van der Waals surface area (Å²) in [6.45, 7) is 6.50. The van der Waals surface area contributed by atoms with E-state index in [1.165, 1.54) is 22.8 Å². The Bertz CT molecular complexity index is 1030. The molecule has 0 radical (unpaired) electrons. The normalized spacial score (nSPS) is 18.0. The maximum Gasteiger partial charge on any atom is 0.180 e. The Balaban J connectivity index is 1.08. The van der Waals surface area contributed by atoms with E-state index in [1.54, 1.807) is 17.4 Å². The lowest BCUT2D eigenvalue weighted by Crippen LogP contribution is -2.46. The summed E-state index contributed by atoms with van der Waals surface area (Å²) in [6.07, 6.45) is 5.46. The van der Waals surface area contributed by atoms with Gasteiger partial charge in [0.1, 0.15) is 23.5 Å². The van der Waals surface area contributed by atoms with Crippen LogP contribution in [0.5, 0.6) is 5.75 Å². The number of benzene rings is 1. The monoisotopic (exact) mass is 468 g/mol. The standard InChI is InChI=1S/C24H29FN6OS/c25-18-1-6-23(27-15-18)31-13-11-30(12-14-31)19-2-4-20(5-3-19)32-21-7-9-29(10-8-21)17-22-16-28-24(26)33-22/h1-6,15-16,21H,7-14,17H2,(H2,26,28). The number of thiazole rings is 1. The molecule has 0 bridgehead atoms. The van der Waals surface area contributed by atoms with Crippen LogP contribution < -0.4 is 20.3 Å². The van der Waals surface area contributed by atoms with E-state index in [-0.39, 0.29) is 11.9 Å². The van der Waals surface area contributed by atoms with Gasteiger partial charge in [-0.15, -0.1) is 11.3 Å². The summed E-state index contributed by atoms with van der Waals surface area (Å²) in [5.74, 6) is 1.47. The van der Waals surface area contributed by atoms with E-state index in [2.05, 4.69) is 48.9 Å². The maximum absolute atomic E-state index is 13.1. The van der Waals surface area contributed by atoms with E-state index < -0.39 is 0 Å². The molecule has 2 aromatic heterocycles. The summed E-state index contributed by atoms with van der Waals surface area (Å²) in [5.41, 5.74) is 6.94. The number of pyridine rings is 1. The van der Waals surface area contributed by atoms with Gasteiger partial charge in [0, 0.05) is 62.6 Å². The van der Waals surface area contributed by atoms with Crippen LogP contribution >= 0.6 is 11.3 Å². The third-order valence-electron chi connectivity index (χ3n) is 6.31. The maximum atomic E-state index is 13.1. The summed E-state index contributed by atoms with van der Waals surface area (Å²) >= 11 is 1.57. The van der Waals surface area contributed by atoms with Gasteiger partial charge in [-0.3, -0.25) is 4.90 Å². The lowest BCUT2D eigenvalue weighted by atomic mass is 10.1. The Morgan fingerprint density at radius 1 is 0.909 bits per heavy atom. The molecule has 1 aromatic carbocycles. The second-order valence-electron chi connectivity index (χ2n) is 8.56. The van der Waals surface area contributed by atoms with Crippen LogP contribution in [0.3, 0.4) is 0 Å². The van der Waals surface area contributed by atoms with Gasteiger partial charge in [-0.2, -0.15) is 0 Å². The molecule has 2 saturated heterocycles. The number of aromatic nitrogens is 2. The predicted molar refractivity (Wildman–Crippen MR) is 131 cm³/mol. The van der Waals surface area contributed by atoms with Crippen LogP contribution in [0.15, 0.2) is 48.8 Å². The predicted octanol–water partition coefficient (Wildman–Crippen LogP) is 3.63. The number of nitrogens with two attached hydrogens (primary N) is 1. The highest BCUT2D eigenvalue weighted by atomic mass is 32.1. The number of nitrogens with zero attached hydrogens (tertiary/aromatic N) is 5. The van der Waals surface area contributed by atoms with Crippen molar-refractivity contribution in [2.24, 2.45) is 0 Å². The molecule has 0 saturated carbocycles. The third kappa shape index (κ3) is 5.54. The van der Waals surface area contributed by atoms with E-state index in [1.807, 2.05) is 6.20 Å². The van der Waals surface area contributed by atoms with Crippen molar-refractivity contribution in [2.75, 3.05) is 54.8 Å². The molecular formula is C24H29FN6OS. The fourth-order valence-corrected chi connectivity index (χ4v) is 5.20. The molecule has 7 nitrogen and oxygen atoms in total. The number of piperidine rings is 1. The molecule has 4 heterocycles. The number of hydrogen-bond donors (Lipinski definition) is 1. The van der Waals surface area contributed by atoms with Gasteiger partial charge in [0.25, 0.3) is 0 Å². The van der Waals surface area contributed by atoms with E-state index >= 15 is 0 Å². The minimum atomic E-state index is -0.299. The van der Waals surface area contributed by atoms with Crippen molar-refractivity contribution in [3.63, 3.8) is 0 Å². The van der Waals surface area contributed by atoms with E-state index in [9.17, 15) is 4.39 Å². The largest absolute Gasteiger partial charge is 0.490 e. The molecule has 0 atom stereocenters. The van der Waals surface area contributed by atoms with Crippen LogP contribution in [0.2, 0.25) is 0 Å². The number of ether oxygens (including phenoxy) is 1. The summed E-state index contributed by atoms with van der Waals surface area (Å²) in [4.78, 5) is 16.6. The Labute approximate surface area is 197 Å². The Morgan fingerprint density at radius 2 is 1.64 bits per heavy atom. The molecule has 2 fully saturated rings. The van der Waals surface area contributed by atoms with Gasteiger partial charge in [-0.05, 0) is 49.2 Å². The molecule has 174 valence electrons. The minimum Gasteiger partial charge on any atom is -0.490 e. The fourth-order valence-electron chi connectivity index (χ4n) is 4.48. The van der Waals surface area contributed by atoms with Crippen molar-refractivity contribution in [3.05, 3.63) is 59.5 Å². The van der Waals surface area contributed by atoms with Gasteiger partial charge < -0.3 is 20.3 Å². The minimum absolute atomic E-state index is 0.255. The second-order valence-corrected chi connectivity index (χ2v) is 9.71. The Morgan fingerprint density at radius 3 is 2.27 bits per heavy atom. The fraction of sp³-hybridized carbons (Fsp3) is 0.417. The SMILES string of the molecule is Nc1ncc(CN2CCC(Oc3ccc(N4CCN(c5ccc(F)cn5)CC4)cc3)CC2)s1. The van der Waals surface area contributed by atoms with Crippen molar-refractivity contribution >= 4 is 28.0 Å². The number of piperazine rings is 1. The van der Waals surface area contributed by atoms with Crippen LogP contribution in [0.4, 0.5) is 21.0 Å². The van der Waals surface area contributed by atoms with Crippen LogP contribution in [0.25, 0.3) is 0 Å². The van der Waals surface area contributed by atoms with E-state index in [0.717, 1.165) is 70.2 Å². The van der Waals surface area contributed by atoms with Gasteiger partial charge in [-0.25, -0.2) is 14.4 Å². The molecule has 0 unspecified atom stereocenters. The number of anilines is 3. The molecular weight excluding hydrogens is 439 g/mol. The zero-order valence-corrected chi connectivity index (χ0v) is 19.4. The molecule has 33 heavy (non-hydrogen) atoms. The van der Waals surface area contributed by atoms with E-state index in [0.29, 0.717) is 5.13 Å². The molecule has 3 aromatic rings. The molecule has 2 aliphatic rings. The summed E-state index contributed by atoms with van der Waals surface area (Å²) in [6, 6.07) is 11.7. The molecule has 0 aliphatic carbocycles. The highest BCUT2D eigenvalue weighted by Gasteiger charge is 2.22. The topological polar surface area (TPSA) is 70.8 Å². The first-order chi connectivity index (χ1) is 16.1. The summed E-state index contributed by atoms with van der Waals surface area (Å²) in [7, 11) is 0.